The smallest absolute Gasteiger partial charge is 0.166 e. The summed E-state index contributed by atoms with van der Waals surface area (Å²) in [4.78, 5) is 12.7. The average Bonchev–Trinajstić information content (AvgIpc) is 2.71. The van der Waals surface area contributed by atoms with E-state index in [0.717, 1.165) is 28.9 Å². The maximum absolute atomic E-state index is 12.7. The summed E-state index contributed by atoms with van der Waals surface area (Å²) in [6.45, 7) is 4.17. The van der Waals surface area contributed by atoms with Crippen LogP contribution in [0.15, 0.2) is 18.2 Å². The Kier molecular flexibility index (Phi) is 3.23. The van der Waals surface area contributed by atoms with E-state index >= 15 is 0 Å². The van der Waals surface area contributed by atoms with Crippen molar-refractivity contribution in [3.8, 4) is 0 Å². The van der Waals surface area contributed by atoms with Crippen LogP contribution in [-0.4, -0.2) is 16.3 Å². The van der Waals surface area contributed by atoms with Gasteiger partial charge in [0, 0.05) is 22.0 Å². The van der Waals surface area contributed by atoms with Crippen LogP contribution in [0.4, 0.5) is 0 Å². The summed E-state index contributed by atoms with van der Waals surface area (Å²) >= 11 is 2.12. The van der Waals surface area contributed by atoms with Gasteiger partial charge in [0.25, 0.3) is 0 Å². The third-order valence-electron chi connectivity index (χ3n) is 4.53. The fourth-order valence-corrected chi connectivity index (χ4v) is 5.09. The predicted octanol–water partition coefficient (Wildman–Crippen LogP) is 4.16. The minimum atomic E-state index is 0.282. The molecule has 0 aliphatic carbocycles. The lowest BCUT2D eigenvalue weighted by atomic mass is 9.87. The molecule has 2 heterocycles. The van der Waals surface area contributed by atoms with E-state index in [2.05, 4.69) is 31.7 Å². The van der Waals surface area contributed by atoms with E-state index in [4.69, 9.17) is 0 Å². The molecule has 1 aromatic rings. The Morgan fingerprint density at radius 2 is 1.83 bits per heavy atom. The highest BCUT2D eigenvalue weighted by Gasteiger charge is 2.38. The molecule has 0 spiro atoms. The number of benzene rings is 1. The SMILES string of the molecule is Cc1cccc(C(=O)C2CC3CCC(C2)S3)c1C. The molecule has 0 saturated carbocycles. The molecule has 2 bridgehead atoms. The summed E-state index contributed by atoms with van der Waals surface area (Å²) < 4.78 is 0. The van der Waals surface area contributed by atoms with Gasteiger partial charge >= 0.3 is 0 Å². The average molecular weight is 260 g/mol. The van der Waals surface area contributed by atoms with Gasteiger partial charge < -0.3 is 0 Å². The molecule has 2 fully saturated rings. The van der Waals surface area contributed by atoms with Crippen LogP contribution in [0.1, 0.15) is 47.2 Å². The van der Waals surface area contributed by atoms with E-state index in [9.17, 15) is 4.79 Å². The maximum Gasteiger partial charge on any atom is 0.166 e. The summed E-state index contributed by atoms with van der Waals surface area (Å²) in [6.07, 6.45) is 4.86. The van der Waals surface area contributed by atoms with Gasteiger partial charge in [-0.15, -0.1) is 0 Å². The molecule has 2 aliphatic rings. The van der Waals surface area contributed by atoms with E-state index in [1.165, 1.54) is 24.0 Å². The minimum absolute atomic E-state index is 0.282. The zero-order valence-corrected chi connectivity index (χ0v) is 11.9. The number of aryl methyl sites for hydroxylation is 1. The summed E-state index contributed by atoms with van der Waals surface area (Å²) in [6, 6.07) is 6.11. The third-order valence-corrected chi connectivity index (χ3v) is 6.16. The Balaban J connectivity index is 1.84. The highest BCUT2D eigenvalue weighted by molar-refractivity contribution is 8.00. The van der Waals surface area contributed by atoms with Crippen molar-refractivity contribution in [2.75, 3.05) is 0 Å². The molecular formula is C16H20OS. The van der Waals surface area contributed by atoms with E-state index in [0.29, 0.717) is 5.78 Å². The molecule has 3 rings (SSSR count). The van der Waals surface area contributed by atoms with Gasteiger partial charge in [-0.25, -0.2) is 0 Å². The number of carbonyl (C=O) groups is 1. The van der Waals surface area contributed by atoms with Crippen molar-refractivity contribution in [2.24, 2.45) is 5.92 Å². The van der Waals surface area contributed by atoms with Crippen molar-refractivity contribution in [3.05, 3.63) is 34.9 Å². The molecule has 96 valence electrons. The molecule has 1 aromatic carbocycles. The molecular weight excluding hydrogens is 240 g/mol. The summed E-state index contributed by atoms with van der Waals surface area (Å²) in [5, 5.41) is 1.51. The van der Waals surface area contributed by atoms with Gasteiger partial charge in [-0.2, -0.15) is 11.8 Å². The second-order valence-electron chi connectivity index (χ2n) is 5.74. The lowest BCUT2D eigenvalue weighted by Gasteiger charge is -2.26. The molecule has 2 heteroatoms. The zero-order chi connectivity index (χ0) is 12.7. The normalized spacial score (nSPS) is 30.4. The number of hydrogen-bond donors (Lipinski definition) is 0. The van der Waals surface area contributed by atoms with Gasteiger partial charge in [-0.1, -0.05) is 18.2 Å². The molecule has 0 aromatic heterocycles. The van der Waals surface area contributed by atoms with Gasteiger partial charge in [0.1, 0.15) is 0 Å². The number of carbonyl (C=O) groups excluding carboxylic acids is 1. The predicted molar refractivity (Wildman–Crippen MR) is 77.4 cm³/mol. The number of thioether (sulfide) groups is 1. The van der Waals surface area contributed by atoms with Gasteiger partial charge in [0.05, 0.1) is 0 Å². The first kappa shape index (κ1) is 12.3. The van der Waals surface area contributed by atoms with Crippen LogP contribution >= 0.6 is 11.8 Å². The first-order valence-electron chi connectivity index (χ1n) is 6.91. The molecule has 0 N–H and O–H groups in total. The topological polar surface area (TPSA) is 17.1 Å². The second kappa shape index (κ2) is 4.73. The van der Waals surface area contributed by atoms with E-state index in [-0.39, 0.29) is 5.92 Å². The van der Waals surface area contributed by atoms with E-state index in [1.807, 2.05) is 12.1 Å². The number of ketones is 1. The number of rotatable bonds is 2. The van der Waals surface area contributed by atoms with E-state index < -0.39 is 0 Å². The van der Waals surface area contributed by atoms with Gasteiger partial charge in [-0.3, -0.25) is 4.79 Å². The van der Waals surface area contributed by atoms with Crippen LogP contribution in [0.25, 0.3) is 0 Å². The molecule has 2 atom stereocenters. The number of hydrogen-bond acceptors (Lipinski definition) is 2. The van der Waals surface area contributed by atoms with E-state index in [1.54, 1.807) is 0 Å². The quantitative estimate of drug-likeness (QED) is 0.743. The lowest BCUT2D eigenvalue weighted by molar-refractivity contribution is 0.0906. The monoisotopic (exact) mass is 260 g/mol. The fourth-order valence-electron chi connectivity index (χ4n) is 3.31. The summed E-state index contributed by atoms with van der Waals surface area (Å²) in [7, 11) is 0. The Hall–Kier alpha value is -0.760. The largest absolute Gasteiger partial charge is 0.294 e. The second-order valence-corrected chi connectivity index (χ2v) is 7.34. The van der Waals surface area contributed by atoms with Crippen molar-refractivity contribution in [1.82, 2.24) is 0 Å². The highest BCUT2D eigenvalue weighted by atomic mass is 32.2. The molecule has 1 nitrogen and oxygen atoms in total. The minimum Gasteiger partial charge on any atom is -0.294 e. The number of fused-ring (bicyclic) bond motifs is 2. The van der Waals surface area contributed by atoms with Gasteiger partial charge in [0.2, 0.25) is 0 Å². The van der Waals surface area contributed by atoms with Crippen LogP contribution in [0.5, 0.6) is 0 Å². The Bertz CT molecular complexity index is 468. The Labute approximate surface area is 113 Å². The lowest BCUT2D eigenvalue weighted by Crippen LogP contribution is -2.25. The standard InChI is InChI=1S/C16H20OS/c1-10-4-3-5-15(11(10)2)16(17)12-8-13-6-7-14(9-12)18-13/h3-5,12-14H,6-9H2,1-2H3. The molecule has 18 heavy (non-hydrogen) atoms. The van der Waals surface area contributed by atoms with Crippen LogP contribution in [0, 0.1) is 19.8 Å². The van der Waals surface area contributed by atoms with Crippen LogP contribution in [0.3, 0.4) is 0 Å². The van der Waals surface area contributed by atoms with Crippen molar-refractivity contribution < 1.29 is 4.79 Å². The zero-order valence-electron chi connectivity index (χ0n) is 11.1. The Morgan fingerprint density at radius 3 is 2.50 bits per heavy atom. The highest BCUT2D eigenvalue weighted by Crippen LogP contribution is 2.46. The Morgan fingerprint density at radius 1 is 1.17 bits per heavy atom. The summed E-state index contributed by atoms with van der Waals surface area (Å²) in [5.41, 5.74) is 3.37. The molecule has 2 aliphatic heterocycles. The molecule has 0 amide bonds. The first-order valence-corrected chi connectivity index (χ1v) is 7.85. The fraction of sp³-hybridized carbons (Fsp3) is 0.562. The van der Waals surface area contributed by atoms with Crippen LogP contribution < -0.4 is 0 Å². The van der Waals surface area contributed by atoms with Gasteiger partial charge in [0.15, 0.2) is 5.78 Å². The van der Waals surface area contributed by atoms with Crippen LogP contribution in [-0.2, 0) is 0 Å². The van der Waals surface area contributed by atoms with Crippen molar-refractivity contribution in [2.45, 2.75) is 50.0 Å². The third kappa shape index (κ3) is 2.11. The van der Waals surface area contributed by atoms with Crippen molar-refractivity contribution in [1.29, 1.82) is 0 Å². The first-order chi connectivity index (χ1) is 8.65. The molecule has 0 radical (unpaired) electrons. The molecule has 2 saturated heterocycles. The van der Waals surface area contributed by atoms with Crippen molar-refractivity contribution >= 4 is 17.5 Å². The van der Waals surface area contributed by atoms with Crippen LogP contribution in [0.2, 0.25) is 0 Å². The maximum atomic E-state index is 12.7. The van der Waals surface area contributed by atoms with Crippen molar-refractivity contribution in [3.63, 3.8) is 0 Å². The van der Waals surface area contributed by atoms with Gasteiger partial charge in [-0.05, 0) is 50.7 Å². The molecule has 2 unspecified atom stereocenters. The number of Topliss-reactive ketones (excluding diaryl/α,β-unsaturated/α-hetero) is 1. The summed E-state index contributed by atoms with van der Waals surface area (Å²) in [5.74, 6) is 0.678.